The molecule has 20 heavy (non-hydrogen) atoms. The van der Waals surface area contributed by atoms with Crippen LogP contribution in [0.1, 0.15) is 13.3 Å². The number of nitrogens with zero attached hydrogens (tertiary/aromatic N) is 2. The van der Waals surface area contributed by atoms with Gasteiger partial charge in [-0.2, -0.15) is 0 Å². The molecule has 6 nitrogen and oxygen atoms in total. The zero-order valence-corrected chi connectivity index (χ0v) is 11.8. The van der Waals surface area contributed by atoms with Gasteiger partial charge in [0.1, 0.15) is 5.69 Å². The van der Waals surface area contributed by atoms with Crippen molar-refractivity contribution in [2.45, 2.75) is 13.3 Å². The van der Waals surface area contributed by atoms with E-state index in [4.69, 9.17) is 0 Å². The third-order valence-corrected chi connectivity index (χ3v) is 4.14. The van der Waals surface area contributed by atoms with Crippen LogP contribution in [0.2, 0.25) is 0 Å². The van der Waals surface area contributed by atoms with Crippen LogP contribution in [0.25, 0.3) is 0 Å². The van der Waals surface area contributed by atoms with Gasteiger partial charge in [-0.25, -0.2) is 0 Å². The predicted molar refractivity (Wildman–Crippen MR) is 76.7 cm³/mol. The highest BCUT2D eigenvalue weighted by Gasteiger charge is 2.33. The van der Waals surface area contributed by atoms with E-state index in [1.807, 2.05) is 0 Å². The number of para-hydroxylation sites is 2. The van der Waals surface area contributed by atoms with E-state index >= 15 is 0 Å². The van der Waals surface area contributed by atoms with Crippen LogP contribution in [-0.2, 0) is 9.59 Å². The molecule has 1 atom stereocenters. The van der Waals surface area contributed by atoms with Gasteiger partial charge in [0.05, 0.1) is 4.92 Å². The van der Waals surface area contributed by atoms with Gasteiger partial charge in [-0.05, 0) is 12.0 Å². The van der Waals surface area contributed by atoms with E-state index in [1.54, 1.807) is 18.2 Å². The van der Waals surface area contributed by atoms with Crippen molar-refractivity contribution in [1.29, 1.82) is 0 Å². The Hall–Kier alpha value is -1.89. The van der Waals surface area contributed by atoms with Gasteiger partial charge in [-0.15, -0.1) is 0 Å². The molecule has 1 aromatic rings. The molecule has 0 spiro atoms. The number of rotatable bonds is 4. The molecule has 1 aromatic carbocycles. The number of anilines is 1. The first kappa shape index (κ1) is 14.5. The minimum absolute atomic E-state index is 0.0154. The maximum Gasteiger partial charge on any atom is 0.292 e. The first-order chi connectivity index (χ1) is 9.49. The summed E-state index contributed by atoms with van der Waals surface area (Å²) in [6.45, 7) is 1.91. The Labute approximate surface area is 120 Å². The van der Waals surface area contributed by atoms with Crippen LogP contribution in [-0.4, -0.2) is 28.2 Å². The highest BCUT2D eigenvalue weighted by Crippen LogP contribution is 2.33. The van der Waals surface area contributed by atoms with Crippen molar-refractivity contribution in [1.82, 2.24) is 0 Å². The summed E-state index contributed by atoms with van der Waals surface area (Å²) in [5.41, 5.74) is 0.263. The normalized spacial score (nSPS) is 18.4. The fourth-order valence-corrected chi connectivity index (χ4v) is 2.90. The monoisotopic (exact) mass is 294 g/mol. The Morgan fingerprint density at radius 3 is 2.85 bits per heavy atom. The van der Waals surface area contributed by atoms with Gasteiger partial charge >= 0.3 is 0 Å². The molecule has 106 valence electrons. The highest BCUT2D eigenvalue weighted by molar-refractivity contribution is 8.13. The number of nitro benzene ring substituents is 1. The fraction of sp³-hybridized carbons (Fsp3) is 0.385. The van der Waals surface area contributed by atoms with Crippen molar-refractivity contribution < 1.29 is 14.5 Å². The number of benzene rings is 1. The first-order valence-corrected chi connectivity index (χ1v) is 7.14. The first-order valence-electron chi connectivity index (χ1n) is 6.16. The third-order valence-electron chi connectivity index (χ3n) is 3.10. The van der Waals surface area contributed by atoms with Crippen molar-refractivity contribution in [2.75, 3.05) is 17.2 Å². The summed E-state index contributed by atoms with van der Waals surface area (Å²) >= 11 is 1.19. The maximum absolute atomic E-state index is 12.0. The Morgan fingerprint density at radius 2 is 2.20 bits per heavy atom. The zero-order valence-electron chi connectivity index (χ0n) is 10.9. The average molecular weight is 294 g/mol. The lowest BCUT2D eigenvalue weighted by Gasteiger charge is -2.16. The second-order valence-electron chi connectivity index (χ2n) is 4.62. The lowest BCUT2D eigenvalue weighted by atomic mass is 10.1. The van der Waals surface area contributed by atoms with Gasteiger partial charge in [0.15, 0.2) is 5.12 Å². The van der Waals surface area contributed by atoms with Gasteiger partial charge in [-0.1, -0.05) is 23.9 Å². The van der Waals surface area contributed by atoms with Crippen LogP contribution in [0.4, 0.5) is 11.4 Å². The Kier molecular flexibility index (Phi) is 4.39. The third kappa shape index (κ3) is 3.16. The molecule has 7 heteroatoms. The fourth-order valence-electron chi connectivity index (χ4n) is 2.21. The van der Waals surface area contributed by atoms with E-state index in [0.29, 0.717) is 24.4 Å². The van der Waals surface area contributed by atoms with Gasteiger partial charge in [0.2, 0.25) is 5.91 Å². The van der Waals surface area contributed by atoms with Gasteiger partial charge < -0.3 is 4.90 Å². The second kappa shape index (κ2) is 6.04. The molecule has 1 aliphatic heterocycles. The molecule has 0 N–H and O–H groups in total. The molecule has 0 aliphatic carbocycles. The van der Waals surface area contributed by atoms with Gasteiger partial charge in [0.25, 0.3) is 5.69 Å². The van der Waals surface area contributed by atoms with Crippen molar-refractivity contribution in [3.05, 3.63) is 34.4 Å². The molecule has 0 radical (unpaired) electrons. The van der Waals surface area contributed by atoms with Crippen LogP contribution in [0, 0.1) is 16.0 Å². The predicted octanol–water partition coefficient (Wildman–Crippen LogP) is 2.23. The molecule has 0 bridgehead atoms. The molecule has 1 fully saturated rings. The second-order valence-corrected chi connectivity index (χ2v) is 5.82. The summed E-state index contributed by atoms with van der Waals surface area (Å²) < 4.78 is 0. The highest BCUT2D eigenvalue weighted by atomic mass is 32.2. The molecule has 1 unspecified atom stereocenters. The molecule has 1 amide bonds. The standard InChI is InChI=1S/C13H14N2O4S/c1-9(16)20-8-10-6-13(17)14(7-10)11-4-2-3-5-12(11)15(18)19/h2-5,10H,6-8H2,1H3. The van der Waals surface area contributed by atoms with Crippen molar-refractivity contribution in [3.8, 4) is 0 Å². The van der Waals surface area contributed by atoms with Crippen molar-refractivity contribution in [2.24, 2.45) is 5.92 Å². The van der Waals surface area contributed by atoms with Gasteiger partial charge in [0, 0.05) is 31.7 Å². The summed E-state index contributed by atoms with van der Waals surface area (Å²) in [4.78, 5) is 34.9. The van der Waals surface area contributed by atoms with Crippen LogP contribution in [0.5, 0.6) is 0 Å². The minimum Gasteiger partial charge on any atom is -0.306 e. The molecule has 1 saturated heterocycles. The zero-order chi connectivity index (χ0) is 14.7. The minimum atomic E-state index is -0.486. The molecule has 0 aromatic heterocycles. The number of amides is 1. The van der Waals surface area contributed by atoms with E-state index in [1.165, 1.54) is 29.7 Å². The van der Waals surface area contributed by atoms with Crippen molar-refractivity contribution in [3.63, 3.8) is 0 Å². The summed E-state index contributed by atoms with van der Waals surface area (Å²) in [6.07, 6.45) is 0.326. The summed E-state index contributed by atoms with van der Waals surface area (Å²) in [6, 6.07) is 6.22. The molecular weight excluding hydrogens is 280 g/mol. The topological polar surface area (TPSA) is 80.5 Å². The molecule has 1 heterocycles. The quantitative estimate of drug-likeness (QED) is 0.628. The Bertz CT molecular complexity index is 561. The lowest BCUT2D eigenvalue weighted by molar-refractivity contribution is -0.384. The van der Waals surface area contributed by atoms with E-state index in [9.17, 15) is 19.7 Å². The number of nitro groups is 1. The van der Waals surface area contributed by atoms with E-state index in [-0.39, 0.29) is 22.6 Å². The lowest BCUT2D eigenvalue weighted by Crippen LogP contribution is -2.25. The van der Waals surface area contributed by atoms with Crippen molar-refractivity contribution >= 4 is 34.2 Å². The molecule has 2 rings (SSSR count). The van der Waals surface area contributed by atoms with E-state index in [0.717, 1.165) is 0 Å². The van der Waals surface area contributed by atoms with E-state index in [2.05, 4.69) is 0 Å². The summed E-state index contributed by atoms with van der Waals surface area (Å²) in [5, 5.41) is 11.0. The average Bonchev–Trinajstić information content (AvgIpc) is 2.77. The number of hydrogen-bond donors (Lipinski definition) is 0. The largest absolute Gasteiger partial charge is 0.306 e. The maximum atomic E-state index is 12.0. The summed E-state index contributed by atoms with van der Waals surface area (Å²) in [5.74, 6) is 0.489. The molecule has 1 aliphatic rings. The summed E-state index contributed by atoms with van der Waals surface area (Å²) in [7, 11) is 0. The smallest absolute Gasteiger partial charge is 0.292 e. The number of thioether (sulfide) groups is 1. The van der Waals surface area contributed by atoms with Crippen LogP contribution in [0.3, 0.4) is 0 Å². The van der Waals surface area contributed by atoms with Crippen LogP contribution < -0.4 is 4.90 Å². The molecule has 0 saturated carbocycles. The SMILES string of the molecule is CC(=O)SCC1CC(=O)N(c2ccccc2[N+](=O)[O-])C1. The van der Waals surface area contributed by atoms with E-state index < -0.39 is 4.92 Å². The molecular formula is C13H14N2O4S. The van der Waals surface area contributed by atoms with Crippen LogP contribution >= 0.6 is 11.8 Å². The number of carbonyl (C=O) groups is 2. The Balaban J connectivity index is 2.16. The number of carbonyl (C=O) groups excluding carboxylic acids is 2. The number of hydrogen-bond acceptors (Lipinski definition) is 5. The van der Waals surface area contributed by atoms with Crippen LogP contribution in [0.15, 0.2) is 24.3 Å². The van der Waals surface area contributed by atoms with Gasteiger partial charge in [-0.3, -0.25) is 19.7 Å². The Morgan fingerprint density at radius 1 is 1.50 bits per heavy atom.